The van der Waals surface area contributed by atoms with E-state index in [1.807, 2.05) is 0 Å². The van der Waals surface area contributed by atoms with Crippen LogP contribution in [0.5, 0.6) is 0 Å². The molecule has 1 atom stereocenters. The fourth-order valence-corrected chi connectivity index (χ4v) is 6.24. The number of nitrogens with zero attached hydrogens (tertiary/aromatic N) is 4. The Morgan fingerprint density at radius 1 is 1.15 bits per heavy atom. The predicted octanol–water partition coefficient (Wildman–Crippen LogP) is 3.80. The lowest BCUT2D eigenvalue weighted by Gasteiger charge is -2.19. The van der Waals surface area contributed by atoms with E-state index in [1.165, 1.54) is 16.8 Å². The van der Waals surface area contributed by atoms with E-state index in [0.29, 0.717) is 17.8 Å². The van der Waals surface area contributed by atoms with Gasteiger partial charge in [-0.1, -0.05) is 0 Å². The average Bonchev–Trinajstić information content (AvgIpc) is 3.72. The van der Waals surface area contributed by atoms with Gasteiger partial charge in [0.15, 0.2) is 5.82 Å². The molecule has 2 aromatic heterocycles. The van der Waals surface area contributed by atoms with Crippen molar-refractivity contribution in [3.63, 3.8) is 0 Å². The van der Waals surface area contributed by atoms with E-state index in [2.05, 4.69) is 25.3 Å². The van der Waals surface area contributed by atoms with E-state index in [-0.39, 0.29) is 50.9 Å². The van der Waals surface area contributed by atoms with Crippen molar-refractivity contribution >= 4 is 39.0 Å². The number of aromatic nitrogens is 3. The number of amides is 1. The van der Waals surface area contributed by atoms with Gasteiger partial charge in [0, 0.05) is 37.8 Å². The standard InChI is InChI=1S/C30H38F3N7O6S/c1-30(2,3)46-29(42)34-9-12-45-13-11-40-26-19(16-36-28(37-26)35-15-18-4-5-18)14-21(27(40)41)24-22(32)6-7-23(25(24)33)38-47(43,44)39-10-8-20(31)17-39/h6-7,14,16,18,20,38H,4-5,8-13,15,17H2,1-3H3,(H,34,42)(H,35,36,37)/t20-/m1/s1. The number of halogens is 3. The van der Waals surface area contributed by atoms with Gasteiger partial charge < -0.3 is 20.1 Å². The van der Waals surface area contributed by atoms with Crippen LogP contribution in [0, 0.1) is 17.6 Å². The first-order chi connectivity index (χ1) is 22.2. The third-order valence-corrected chi connectivity index (χ3v) is 8.97. The molecule has 1 amide bonds. The van der Waals surface area contributed by atoms with Crippen LogP contribution >= 0.6 is 0 Å². The molecule has 5 rings (SSSR count). The molecule has 0 unspecified atom stereocenters. The van der Waals surface area contributed by atoms with E-state index >= 15 is 8.78 Å². The SMILES string of the molecule is CC(C)(C)OC(=O)NCCOCCn1c(=O)c(-c2c(F)ccc(NS(=O)(=O)N3CC[C@@H](F)C3)c2F)cc2cnc(NCC3CC3)nc21. The lowest BCUT2D eigenvalue weighted by Crippen LogP contribution is -2.34. The van der Waals surface area contributed by atoms with Gasteiger partial charge in [0.1, 0.15) is 23.2 Å². The van der Waals surface area contributed by atoms with Crippen molar-refractivity contribution in [1.82, 2.24) is 24.2 Å². The second kappa shape index (κ2) is 14.0. The van der Waals surface area contributed by atoms with Crippen LogP contribution in [0.4, 0.5) is 29.6 Å². The fourth-order valence-electron chi connectivity index (χ4n) is 4.97. The second-order valence-electron chi connectivity index (χ2n) is 12.5. The van der Waals surface area contributed by atoms with Crippen molar-refractivity contribution in [1.29, 1.82) is 0 Å². The number of hydrogen-bond acceptors (Lipinski definition) is 9. The minimum absolute atomic E-state index is 0.00144. The Labute approximate surface area is 270 Å². The molecule has 1 aromatic carbocycles. The molecule has 1 aliphatic carbocycles. The van der Waals surface area contributed by atoms with Gasteiger partial charge in [-0.15, -0.1) is 0 Å². The highest BCUT2D eigenvalue weighted by molar-refractivity contribution is 7.90. The van der Waals surface area contributed by atoms with E-state index in [1.54, 1.807) is 20.8 Å². The van der Waals surface area contributed by atoms with E-state index < -0.39 is 68.6 Å². The summed E-state index contributed by atoms with van der Waals surface area (Å²) in [7, 11) is -4.36. The van der Waals surface area contributed by atoms with Crippen LogP contribution in [-0.2, 0) is 26.2 Å². The van der Waals surface area contributed by atoms with Gasteiger partial charge in [-0.2, -0.15) is 17.7 Å². The molecule has 47 heavy (non-hydrogen) atoms. The van der Waals surface area contributed by atoms with Gasteiger partial charge >= 0.3 is 16.3 Å². The van der Waals surface area contributed by atoms with Gasteiger partial charge in [-0.25, -0.2) is 22.9 Å². The largest absolute Gasteiger partial charge is 0.444 e. The molecule has 0 radical (unpaired) electrons. The number of fused-ring (bicyclic) bond motifs is 1. The number of benzene rings is 1. The maximum Gasteiger partial charge on any atom is 0.407 e. The van der Waals surface area contributed by atoms with Crippen molar-refractivity contribution in [3.8, 4) is 11.1 Å². The topological polar surface area (TPSA) is 157 Å². The van der Waals surface area contributed by atoms with Crippen molar-refractivity contribution in [2.24, 2.45) is 5.92 Å². The summed E-state index contributed by atoms with van der Waals surface area (Å²) in [6, 6.07) is 2.99. The van der Waals surface area contributed by atoms with Crippen LogP contribution in [0.25, 0.3) is 22.2 Å². The summed E-state index contributed by atoms with van der Waals surface area (Å²) < 4.78 is 85.4. The molecule has 2 fully saturated rings. The van der Waals surface area contributed by atoms with E-state index in [9.17, 15) is 22.4 Å². The Bertz CT molecular complexity index is 1800. The molecule has 17 heteroatoms. The number of ether oxygens (including phenoxy) is 2. The number of pyridine rings is 1. The third-order valence-electron chi connectivity index (χ3n) is 7.48. The average molecular weight is 682 g/mol. The maximum absolute atomic E-state index is 15.9. The first-order valence-electron chi connectivity index (χ1n) is 15.3. The smallest absolute Gasteiger partial charge is 0.407 e. The Morgan fingerprint density at radius 3 is 2.60 bits per heavy atom. The number of nitrogens with one attached hydrogen (secondary N) is 3. The molecule has 2 aliphatic rings. The molecule has 1 saturated carbocycles. The summed E-state index contributed by atoms with van der Waals surface area (Å²) in [6.07, 6.45) is 1.64. The molecule has 0 bridgehead atoms. The zero-order valence-electron chi connectivity index (χ0n) is 26.3. The minimum Gasteiger partial charge on any atom is -0.444 e. The predicted molar refractivity (Wildman–Crippen MR) is 169 cm³/mol. The highest BCUT2D eigenvalue weighted by Crippen LogP contribution is 2.32. The zero-order valence-corrected chi connectivity index (χ0v) is 27.1. The van der Waals surface area contributed by atoms with E-state index in [0.717, 1.165) is 29.3 Å². The summed E-state index contributed by atoms with van der Waals surface area (Å²) in [4.78, 5) is 34.6. The Kier molecular flexibility index (Phi) is 10.3. The van der Waals surface area contributed by atoms with Crippen LogP contribution in [0.3, 0.4) is 0 Å². The lowest BCUT2D eigenvalue weighted by molar-refractivity contribution is 0.0497. The van der Waals surface area contributed by atoms with Crippen molar-refractivity contribution in [2.75, 3.05) is 49.4 Å². The molecule has 3 heterocycles. The Morgan fingerprint density at radius 2 is 1.91 bits per heavy atom. The van der Waals surface area contributed by atoms with Gasteiger partial charge in [0.2, 0.25) is 5.95 Å². The molecule has 1 saturated heterocycles. The highest BCUT2D eigenvalue weighted by Gasteiger charge is 2.33. The second-order valence-corrected chi connectivity index (χ2v) is 14.2. The van der Waals surface area contributed by atoms with Crippen LogP contribution < -0.4 is 20.9 Å². The maximum atomic E-state index is 15.9. The number of rotatable bonds is 13. The fraction of sp³-hybridized carbons (Fsp3) is 0.533. The molecular formula is C30H38F3N7O6S. The summed E-state index contributed by atoms with van der Waals surface area (Å²) in [5.41, 5.74) is -3.04. The van der Waals surface area contributed by atoms with Crippen LogP contribution in [0.15, 0.2) is 29.2 Å². The van der Waals surface area contributed by atoms with Gasteiger partial charge in [0.25, 0.3) is 5.56 Å². The molecule has 1 aliphatic heterocycles. The molecule has 256 valence electrons. The molecule has 3 N–H and O–H groups in total. The Hall–Kier alpha value is -3.96. The van der Waals surface area contributed by atoms with Crippen LogP contribution in [0.2, 0.25) is 0 Å². The number of alkyl carbamates (subject to hydrolysis) is 1. The van der Waals surface area contributed by atoms with Gasteiger partial charge in [0.05, 0.1) is 36.6 Å². The number of anilines is 2. The Balaban J connectivity index is 1.42. The summed E-state index contributed by atoms with van der Waals surface area (Å²) in [5, 5.41) is 5.99. The van der Waals surface area contributed by atoms with E-state index in [4.69, 9.17) is 9.47 Å². The number of alkyl halides is 1. The van der Waals surface area contributed by atoms with Gasteiger partial charge in [-0.05, 0) is 64.2 Å². The number of carbonyl (C=O) groups excluding carboxylic acids is 1. The quantitative estimate of drug-likeness (QED) is 0.229. The number of carbonyl (C=O) groups is 1. The molecule has 13 nitrogen and oxygen atoms in total. The summed E-state index contributed by atoms with van der Waals surface area (Å²) in [6.45, 7) is 5.48. The first kappa shape index (κ1) is 34.4. The number of hydrogen-bond donors (Lipinski definition) is 3. The van der Waals surface area contributed by atoms with Crippen LogP contribution in [0.1, 0.15) is 40.0 Å². The first-order valence-corrected chi connectivity index (χ1v) is 16.8. The summed E-state index contributed by atoms with van der Waals surface area (Å²) >= 11 is 0. The van der Waals surface area contributed by atoms with Crippen LogP contribution in [-0.4, -0.2) is 84.5 Å². The lowest BCUT2D eigenvalue weighted by atomic mass is 10.0. The zero-order chi connectivity index (χ0) is 33.9. The van der Waals surface area contributed by atoms with Crippen molar-refractivity contribution in [3.05, 3.63) is 46.4 Å². The molecule has 0 spiro atoms. The summed E-state index contributed by atoms with van der Waals surface area (Å²) in [5.74, 6) is -1.63. The van der Waals surface area contributed by atoms with Crippen molar-refractivity contribution in [2.45, 2.75) is 58.4 Å². The normalized spacial score (nSPS) is 17.2. The van der Waals surface area contributed by atoms with Gasteiger partial charge in [-0.3, -0.25) is 14.1 Å². The van der Waals surface area contributed by atoms with Crippen molar-refractivity contribution < 1.29 is 35.9 Å². The monoisotopic (exact) mass is 681 g/mol. The molecule has 3 aromatic rings. The minimum atomic E-state index is -4.36. The highest BCUT2D eigenvalue weighted by atomic mass is 32.2. The third kappa shape index (κ3) is 8.70. The molecular weight excluding hydrogens is 643 g/mol.